The molecule has 19 heavy (non-hydrogen) atoms. The molecule has 0 radical (unpaired) electrons. The Hall–Kier alpha value is -1.63. The second-order valence-electron chi connectivity index (χ2n) is 3.58. The van der Waals surface area contributed by atoms with E-state index in [2.05, 4.69) is 4.98 Å². The topological polar surface area (TPSA) is 75.1 Å². The van der Waals surface area contributed by atoms with Gasteiger partial charge in [-0.25, -0.2) is 4.79 Å². The molecule has 0 saturated carbocycles. The summed E-state index contributed by atoms with van der Waals surface area (Å²) in [6.45, 7) is 0. The van der Waals surface area contributed by atoms with Gasteiger partial charge in [0.1, 0.15) is 5.56 Å². The fourth-order valence-corrected chi connectivity index (χ4v) is 2.29. The normalized spacial score (nSPS) is 10.4. The van der Waals surface area contributed by atoms with Crippen LogP contribution in [0.15, 0.2) is 29.2 Å². The number of aromatic nitrogens is 2. The third-order valence-corrected chi connectivity index (χ3v) is 3.05. The van der Waals surface area contributed by atoms with E-state index in [4.69, 9.17) is 40.5 Å². The molecule has 2 N–H and O–H groups in total. The van der Waals surface area contributed by atoms with Gasteiger partial charge in [0.2, 0.25) is 0 Å². The predicted octanol–water partition coefficient (Wildman–Crippen LogP) is 2.90. The van der Waals surface area contributed by atoms with Crippen molar-refractivity contribution in [1.82, 2.24) is 9.55 Å². The van der Waals surface area contributed by atoms with Crippen molar-refractivity contribution >= 4 is 41.4 Å². The highest BCUT2D eigenvalue weighted by Gasteiger charge is 2.13. The first-order valence-corrected chi connectivity index (χ1v) is 6.11. The van der Waals surface area contributed by atoms with E-state index in [1.807, 2.05) is 0 Å². The van der Waals surface area contributed by atoms with Gasteiger partial charge in [0.15, 0.2) is 4.77 Å². The monoisotopic (exact) mass is 316 g/mol. The van der Waals surface area contributed by atoms with Crippen molar-refractivity contribution in [2.75, 3.05) is 0 Å². The maximum absolute atomic E-state index is 12.1. The Morgan fingerprint density at radius 1 is 1.26 bits per heavy atom. The van der Waals surface area contributed by atoms with Crippen molar-refractivity contribution in [2.45, 2.75) is 0 Å². The molecule has 0 unspecified atom stereocenters. The maximum Gasteiger partial charge on any atom is 0.342 e. The molecule has 0 bridgehead atoms. The van der Waals surface area contributed by atoms with Gasteiger partial charge in [-0.1, -0.05) is 23.2 Å². The second-order valence-corrected chi connectivity index (χ2v) is 4.84. The van der Waals surface area contributed by atoms with Gasteiger partial charge >= 0.3 is 5.97 Å². The summed E-state index contributed by atoms with van der Waals surface area (Å²) in [4.78, 5) is 25.5. The Labute approximate surface area is 122 Å². The standard InChI is InChI=1S/C11H6Cl2N2O3S/c12-5-1-6(13)3-7(2-5)15-9(16)8(10(17)18)4-14-11(15)19/h1-4H,(H,14,19)(H,17,18). The zero-order chi connectivity index (χ0) is 14.2. The fourth-order valence-electron chi connectivity index (χ4n) is 1.53. The molecule has 0 fully saturated rings. The zero-order valence-corrected chi connectivity index (χ0v) is 11.5. The molecule has 8 heteroatoms. The van der Waals surface area contributed by atoms with Crippen LogP contribution in [0.2, 0.25) is 10.0 Å². The molecule has 2 aromatic rings. The largest absolute Gasteiger partial charge is 0.477 e. The first kappa shape index (κ1) is 13.8. The Bertz CT molecular complexity index is 762. The Balaban J connectivity index is 2.82. The average molecular weight is 317 g/mol. The van der Waals surface area contributed by atoms with Crippen LogP contribution in [-0.2, 0) is 0 Å². The van der Waals surface area contributed by atoms with E-state index in [9.17, 15) is 9.59 Å². The number of carboxylic acid groups (broad SMARTS) is 1. The number of carbonyl (C=O) groups is 1. The van der Waals surface area contributed by atoms with Gasteiger partial charge < -0.3 is 10.1 Å². The third kappa shape index (κ3) is 2.70. The molecule has 0 saturated heterocycles. The molecule has 1 heterocycles. The summed E-state index contributed by atoms with van der Waals surface area (Å²) in [6.07, 6.45) is 1.05. The maximum atomic E-state index is 12.1. The van der Waals surface area contributed by atoms with Crippen LogP contribution in [0.1, 0.15) is 10.4 Å². The number of aromatic carboxylic acids is 1. The second kappa shape index (κ2) is 5.16. The van der Waals surface area contributed by atoms with Crippen molar-refractivity contribution in [3.8, 4) is 5.69 Å². The number of nitrogens with zero attached hydrogens (tertiary/aromatic N) is 1. The first-order valence-electron chi connectivity index (χ1n) is 4.94. The number of nitrogens with one attached hydrogen (secondary N) is 1. The van der Waals surface area contributed by atoms with Crippen molar-refractivity contribution in [3.63, 3.8) is 0 Å². The predicted molar refractivity (Wildman–Crippen MR) is 74.2 cm³/mol. The lowest BCUT2D eigenvalue weighted by atomic mass is 10.3. The molecule has 0 aliphatic heterocycles. The quantitative estimate of drug-likeness (QED) is 0.835. The van der Waals surface area contributed by atoms with E-state index in [-0.39, 0.29) is 4.77 Å². The lowest BCUT2D eigenvalue weighted by Gasteiger charge is -2.08. The van der Waals surface area contributed by atoms with Crippen LogP contribution in [0.25, 0.3) is 5.69 Å². The number of hydrogen-bond acceptors (Lipinski definition) is 3. The van der Waals surface area contributed by atoms with Crippen LogP contribution in [0, 0.1) is 4.77 Å². The molecule has 1 aromatic heterocycles. The fraction of sp³-hybridized carbons (Fsp3) is 0. The SMILES string of the molecule is O=C(O)c1c[nH]c(=S)n(-c2cc(Cl)cc(Cl)c2)c1=O. The average Bonchev–Trinajstić information content (AvgIpc) is 2.26. The summed E-state index contributed by atoms with van der Waals surface area (Å²) in [7, 11) is 0. The van der Waals surface area contributed by atoms with Crippen molar-refractivity contribution in [2.24, 2.45) is 0 Å². The zero-order valence-electron chi connectivity index (χ0n) is 9.18. The molecule has 1 aromatic carbocycles. The minimum absolute atomic E-state index is 0.0494. The lowest BCUT2D eigenvalue weighted by molar-refractivity contribution is 0.0694. The molecule has 0 aliphatic carbocycles. The summed E-state index contributed by atoms with van der Waals surface area (Å²) < 4.78 is 1.07. The van der Waals surface area contributed by atoms with Crippen molar-refractivity contribution < 1.29 is 9.90 Å². The smallest absolute Gasteiger partial charge is 0.342 e. The molecule has 98 valence electrons. The highest BCUT2D eigenvalue weighted by atomic mass is 35.5. The number of rotatable bonds is 2. The molecule has 0 spiro atoms. The van der Waals surface area contributed by atoms with Crippen LogP contribution in [-0.4, -0.2) is 20.6 Å². The van der Waals surface area contributed by atoms with E-state index < -0.39 is 17.1 Å². The molecule has 5 nitrogen and oxygen atoms in total. The van der Waals surface area contributed by atoms with Gasteiger partial charge in [0.25, 0.3) is 5.56 Å². The van der Waals surface area contributed by atoms with Crippen molar-refractivity contribution in [1.29, 1.82) is 0 Å². The van der Waals surface area contributed by atoms with Gasteiger partial charge in [0.05, 0.1) is 5.69 Å². The molecule has 0 aliphatic rings. The number of benzene rings is 1. The number of carboxylic acids is 1. The first-order chi connectivity index (χ1) is 8.90. The molecule has 0 amide bonds. The summed E-state index contributed by atoms with van der Waals surface area (Å²) in [5.41, 5.74) is -0.883. The Morgan fingerprint density at radius 3 is 2.37 bits per heavy atom. The minimum Gasteiger partial charge on any atom is -0.477 e. The van der Waals surface area contributed by atoms with E-state index in [0.717, 1.165) is 10.8 Å². The van der Waals surface area contributed by atoms with Crippen LogP contribution in [0.3, 0.4) is 0 Å². The van der Waals surface area contributed by atoms with Gasteiger partial charge in [-0.2, -0.15) is 0 Å². The Morgan fingerprint density at radius 2 is 1.84 bits per heavy atom. The van der Waals surface area contributed by atoms with Gasteiger partial charge in [-0.3, -0.25) is 9.36 Å². The number of halogens is 2. The summed E-state index contributed by atoms with van der Waals surface area (Å²) in [5.74, 6) is -1.35. The lowest BCUT2D eigenvalue weighted by Crippen LogP contribution is -2.26. The molecular formula is C11H6Cl2N2O3S. The highest BCUT2D eigenvalue weighted by Crippen LogP contribution is 2.21. The van der Waals surface area contributed by atoms with Gasteiger partial charge in [-0.15, -0.1) is 0 Å². The molecule has 2 rings (SSSR count). The van der Waals surface area contributed by atoms with Gasteiger partial charge in [-0.05, 0) is 30.4 Å². The number of hydrogen-bond donors (Lipinski definition) is 2. The molecule has 0 atom stereocenters. The summed E-state index contributed by atoms with van der Waals surface area (Å²) in [5, 5.41) is 9.54. The third-order valence-electron chi connectivity index (χ3n) is 2.31. The number of H-pyrrole nitrogens is 1. The van der Waals surface area contributed by atoms with Crippen LogP contribution in [0.5, 0.6) is 0 Å². The molecular weight excluding hydrogens is 311 g/mol. The van der Waals surface area contributed by atoms with Crippen LogP contribution in [0.4, 0.5) is 0 Å². The Kier molecular flexibility index (Phi) is 3.75. The van der Waals surface area contributed by atoms with Crippen LogP contribution >= 0.6 is 35.4 Å². The van der Waals surface area contributed by atoms with E-state index in [1.54, 1.807) is 0 Å². The summed E-state index contributed by atoms with van der Waals surface area (Å²) in [6, 6.07) is 4.42. The minimum atomic E-state index is -1.35. The van der Waals surface area contributed by atoms with E-state index in [0.29, 0.717) is 15.7 Å². The van der Waals surface area contributed by atoms with Gasteiger partial charge in [0, 0.05) is 16.2 Å². The van der Waals surface area contributed by atoms with E-state index >= 15 is 0 Å². The highest BCUT2D eigenvalue weighted by molar-refractivity contribution is 7.71. The van der Waals surface area contributed by atoms with Crippen molar-refractivity contribution in [3.05, 3.63) is 55.1 Å². The summed E-state index contributed by atoms with van der Waals surface area (Å²) >= 11 is 16.7. The van der Waals surface area contributed by atoms with E-state index in [1.165, 1.54) is 18.2 Å². The van der Waals surface area contributed by atoms with Crippen LogP contribution < -0.4 is 5.56 Å². The number of aromatic amines is 1.